The predicted molar refractivity (Wildman–Crippen MR) is 116 cm³/mol. The first-order valence-electron chi connectivity index (χ1n) is 10.1. The van der Waals surface area contributed by atoms with Gasteiger partial charge >= 0.3 is 0 Å². The van der Waals surface area contributed by atoms with Gasteiger partial charge in [-0.05, 0) is 49.2 Å². The number of benzene rings is 2. The van der Waals surface area contributed by atoms with Gasteiger partial charge in [0, 0.05) is 0 Å². The monoisotopic (exact) mass is 376 g/mol. The minimum Gasteiger partial charge on any atom is -0.494 e. The Bertz CT molecular complexity index is 839. The number of hydrazone groups is 1. The third-order valence-corrected chi connectivity index (χ3v) is 4.77. The lowest BCUT2D eigenvalue weighted by atomic mass is 10.1. The maximum absolute atomic E-state index is 12.8. The molecule has 1 aliphatic rings. The average molecular weight is 377 g/mol. The second kappa shape index (κ2) is 9.88. The molecule has 0 N–H and O–H groups in total. The van der Waals surface area contributed by atoms with E-state index < -0.39 is 0 Å². The van der Waals surface area contributed by atoms with Crippen molar-refractivity contribution in [3.8, 4) is 5.75 Å². The van der Waals surface area contributed by atoms with E-state index in [2.05, 4.69) is 12.0 Å². The van der Waals surface area contributed by atoms with Gasteiger partial charge in [-0.3, -0.25) is 4.79 Å². The van der Waals surface area contributed by atoms with Crippen LogP contribution in [-0.4, -0.2) is 18.2 Å². The van der Waals surface area contributed by atoms with Gasteiger partial charge in [-0.1, -0.05) is 62.9 Å². The first-order valence-corrected chi connectivity index (χ1v) is 10.1. The van der Waals surface area contributed by atoms with Gasteiger partial charge in [0.2, 0.25) is 0 Å². The molecule has 0 aliphatic carbocycles. The van der Waals surface area contributed by atoms with Crippen LogP contribution in [0.3, 0.4) is 0 Å². The molecule has 1 aliphatic heterocycles. The summed E-state index contributed by atoms with van der Waals surface area (Å²) in [5.74, 6) is 0.766. The fourth-order valence-corrected chi connectivity index (χ4v) is 3.15. The van der Waals surface area contributed by atoms with Crippen molar-refractivity contribution in [2.24, 2.45) is 5.10 Å². The van der Waals surface area contributed by atoms with E-state index in [0.717, 1.165) is 35.7 Å². The molecule has 0 saturated carbocycles. The van der Waals surface area contributed by atoms with Crippen LogP contribution in [0.15, 0.2) is 65.3 Å². The second-order valence-corrected chi connectivity index (χ2v) is 7.03. The summed E-state index contributed by atoms with van der Waals surface area (Å²) in [6.45, 7) is 4.84. The number of hydrogen-bond acceptors (Lipinski definition) is 3. The minimum absolute atomic E-state index is 0.101. The highest BCUT2D eigenvalue weighted by molar-refractivity contribution is 6.32. The standard InChI is InChI=1S/C24H28N2O2/c1-3-4-5-6-10-17-28-22-15-13-20(14-16-22)18-23-19(2)25-26(24(23)27)21-11-8-7-9-12-21/h7-9,11-16,18H,3-6,10,17H2,1-2H3/b23-18+. The number of anilines is 1. The van der Waals surface area contributed by atoms with Crippen LogP contribution in [-0.2, 0) is 4.79 Å². The minimum atomic E-state index is -0.101. The summed E-state index contributed by atoms with van der Waals surface area (Å²) in [5, 5.41) is 5.87. The topological polar surface area (TPSA) is 41.9 Å². The van der Waals surface area contributed by atoms with Gasteiger partial charge in [0.05, 0.1) is 23.6 Å². The Labute approximate surface area is 167 Å². The highest BCUT2D eigenvalue weighted by Crippen LogP contribution is 2.25. The maximum atomic E-state index is 12.8. The summed E-state index contributed by atoms with van der Waals surface area (Å²) < 4.78 is 5.81. The van der Waals surface area contributed by atoms with E-state index in [1.165, 1.54) is 30.7 Å². The summed E-state index contributed by atoms with van der Waals surface area (Å²) in [7, 11) is 0. The number of ether oxygens (including phenoxy) is 1. The number of hydrogen-bond donors (Lipinski definition) is 0. The lowest BCUT2D eigenvalue weighted by molar-refractivity contribution is -0.114. The van der Waals surface area contributed by atoms with Crippen LogP contribution >= 0.6 is 0 Å². The molecule has 0 atom stereocenters. The average Bonchev–Trinajstić information content (AvgIpc) is 3.00. The summed E-state index contributed by atoms with van der Waals surface area (Å²) in [5.41, 5.74) is 3.08. The SMILES string of the molecule is CCCCCCCOc1ccc(/C=C2/C(=O)N(c3ccccc3)N=C2C)cc1. The normalized spacial score (nSPS) is 15.2. The highest BCUT2D eigenvalue weighted by Gasteiger charge is 2.28. The van der Waals surface area contributed by atoms with Gasteiger partial charge in [-0.25, -0.2) is 0 Å². The fraction of sp³-hybridized carbons (Fsp3) is 0.333. The summed E-state index contributed by atoms with van der Waals surface area (Å²) in [4.78, 5) is 12.8. The molecule has 4 heteroatoms. The van der Waals surface area contributed by atoms with E-state index in [4.69, 9.17) is 4.74 Å². The number of carbonyl (C=O) groups excluding carboxylic acids is 1. The van der Waals surface area contributed by atoms with Crippen molar-refractivity contribution < 1.29 is 9.53 Å². The first kappa shape index (κ1) is 19.9. The van der Waals surface area contributed by atoms with E-state index in [1.807, 2.05) is 67.6 Å². The van der Waals surface area contributed by atoms with Crippen molar-refractivity contribution in [2.75, 3.05) is 11.6 Å². The number of rotatable bonds is 9. The van der Waals surface area contributed by atoms with Crippen molar-refractivity contribution in [3.05, 3.63) is 65.7 Å². The Morgan fingerprint density at radius 2 is 1.68 bits per heavy atom. The maximum Gasteiger partial charge on any atom is 0.280 e. The fourth-order valence-electron chi connectivity index (χ4n) is 3.15. The molecule has 0 fully saturated rings. The van der Waals surface area contributed by atoms with Crippen LogP contribution in [0.5, 0.6) is 5.75 Å². The van der Waals surface area contributed by atoms with Gasteiger partial charge in [-0.2, -0.15) is 10.1 Å². The molecule has 3 rings (SSSR count). The Morgan fingerprint density at radius 3 is 2.39 bits per heavy atom. The van der Waals surface area contributed by atoms with Crippen LogP contribution in [0.4, 0.5) is 5.69 Å². The molecule has 2 aromatic carbocycles. The largest absolute Gasteiger partial charge is 0.494 e. The van der Waals surface area contributed by atoms with Crippen molar-refractivity contribution in [2.45, 2.75) is 46.0 Å². The van der Waals surface area contributed by atoms with Gasteiger partial charge in [0.15, 0.2) is 0 Å². The molecular weight excluding hydrogens is 348 g/mol. The molecule has 0 spiro atoms. The highest BCUT2D eigenvalue weighted by atomic mass is 16.5. The first-order chi connectivity index (χ1) is 13.7. The number of nitrogens with zero attached hydrogens (tertiary/aromatic N) is 2. The van der Waals surface area contributed by atoms with E-state index in [-0.39, 0.29) is 5.91 Å². The Kier molecular flexibility index (Phi) is 7.01. The molecule has 1 amide bonds. The molecule has 0 saturated heterocycles. The number of para-hydroxylation sites is 1. The molecule has 0 bridgehead atoms. The number of carbonyl (C=O) groups is 1. The van der Waals surface area contributed by atoms with Gasteiger partial charge in [-0.15, -0.1) is 0 Å². The number of amides is 1. The van der Waals surface area contributed by atoms with Crippen LogP contribution < -0.4 is 9.75 Å². The van der Waals surface area contributed by atoms with E-state index in [1.54, 1.807) is 0 Å². The lowest BCUT2D eigenvalue weighted by Gasteiger charge is -2.11. The Morgan fingerprint density at radius 1 is 0.964 bits per heavy atom. The van der Waals surface area contributed by atoms with E-state index in [0.29, 0.717) is 5.57 Å². The molecule has 0 aromatic heterocycles. The molecule has 2 aromatic rings. The molecule has 0 radical (unpaired) electrons. The molecule has 1 heterocycles. The smallest absolute Gasteiger partial charge is 0.280 e. The van der Waals surface area contributed by atoms with Crippen molar-refractivity contribution in [1.82, 2.24) is 0 Å². The lowest BCUT2D eigenvalue weighted by Crippen LogP contribution is -2.21. The van der Waals surface area contributed by atoms with Crippen LogP contribution in [0.2, 0.25) is 0 Å². The van der Waals surface area contributed by atoms with E-state index in [9.17, 15) is 4.79 Å². The van der Waals surface area contributed by atoms with Gasteiger partial charge < -0.3 is 4.74 Å². The zero-order chi connectivity index (χ0) is 19.8. The summed E-state index contributed by atoms with van der Waals surface area (Å²) >= 11 is 0. The van der Waals surface area contributed by atoms with Crippen molar-refractivity contribution >= 4 is 23.4 Å². The summed E-state index contributed by atoms with van der Waals surface area (Å²) in [6, 6.07) is 17.4. The third-order valence-electron chi connectivity index (χ3n) is 4.77. The van der Waals surface area contributed by atoms with Crippen LogP contribution in [0.1, 0.15) is 51.5 Å². The van der Waals surface area contributed by atoms with Gasteiger partial charge in [0.25, 0.3) is 5.91 Å². The van der Waals surface area contributed by atoms with Crippen molar-refractivity contribution in [3.63, 3.8) is 0 Å². The van der Waals surface area contributed by atoms with Crippen LogP contribution in [0, 0.1) is 0 Å². The van der Waals surface area contributed by atoms with Crippen LogP contribution in [0.25, 0.3) is 6.08 Å². The Hall–Kier alpha value is -2.88. The molecule has 146 valence electrons. The van der Waals surface area contributed by atoms with Gasteiger partial charge in [0.1, 0.15) is 5.75 Å². The summed E-state index contributed by atoms with van der Waals surface area (Å²) in [6.07, 6.45) is 8.03. The van der Waals surface area contributed by atoms with Crippen molar-refractivity contribution in [1.29, 1.82) is 0 Å². The zero-order valence-electron chi connectivity index (χ0n) is 16.7. The zero-order valence-corrected chi connectivity index (χ0v) is 16.7. The number of unbranched alkanes of at least 4 members (excludes halogenated alkanes) is 4. The molecule has 0 unspecified atom stereocenters. The van der Waals surface area contributed by atoms with E-state index >= 15 is 0 Å². The second-order valence-electron chi connectivity index (χ2n) is 7.03. The molecule has 28 heavy (non-hydrogen) atoms. The molecular formula is C24H28N2O2. The predicted octanol–water partition coefficient (Wildman–Crippen LogP) is 5.84. The molecule has 4 nitrogen and oxygen atoms in total. The quantitative estimate of drug-likeness (QED) is 0.407. The third kappa shape index (κ3) is 5.10. The Balaban J connectivity index is 1.59.